The Labute approximate surface area is 160 Å². The maximum atomic E-state index is 9.48. The highest BCUT2D eigenvalue weighted by atomic mass is 16.3. The normalized spacial score (nSPS) is 11.7. The summed E-state index contributed by atoms with van der Waals surface area (Å²) >= 11 is 0. The largest absolute Gasteiger partial charge is 0.504 e. The van der Waals surface area contributed by atoms with Crippen LogP contribution in [0.15, 0.2) is 42.5 Å². The van der Waals surface area contributed by atoms with Crippen molar-refractivity contribution >= 4 is 0 Å². The second-order valence-corrected chi connectivity index (χ2v) is 7.16. The quantitative estimate of drug-likeness (QED) is 0.194. The van der Waals surface area contributed by atoms with Crippen molar-refractivity contribution < 1.29 is 10.2 Å². The first kappa shape index (κ1) is 22.3. The molecule has 0 aliphatic carbocycles. The predicted molar refractivity (Wildman–Crippen MR) is 113 cm³/mol. The molecule has 1 aromatic rings. The third-order valence-electron chi connectivity index (χ3n) is 4.71. The van der Waals surface area contributed by atoms with E-state index in [1.54, 1.807) is 12.1 Å². The van der Waals surface area contributed by atoms with Crippen LogP contribution in [0.4, 0.5) is 0 Å². The molecule has 0 bridgehead atoms. The Morgan fingerprint density at radius 2 is 1.31 bits per heavy atom. The van der Waals surface area contributed by atoms with Gasteiger partial charge in [-0.2, -0.15) is 0 Å². The minimum atomic E-state index is -0.0363. The highest BCUT2D eigenvalue weighted by molar-refractivity contribution is 5.40. The van der Waals surface area contributed by atoms with Gasteiger partial charge in [0.25, 0.3) is 0 Å². The van der Waals surface area contributed by atoms with Gasteiger partial charge in [0.2, 0.25) is 0 Å². The summed E-state index contributed by atoms with van der Waals surface area (Å²) in [4.78, 5) is 0. The van der Waals surface area contributed by atoms with Gasteiger partial charge < -0.3 is 10.2 Å². The SMILES string of the molecule is CCCCCC=CCC=CCCCCCCCCc1ccc(O)c(O)c1. The number of aryl methyl sites for hydroxylation is 1. The molecule has 146 valence electrons. The first-order chi connectivity index (χ1) is 12.7. The molecule has 0 atom stereocenters. The summed E-state index contributed by atoms with van der Waals surface area (Å²) < 4.78 is 0. The van der Waals surface area contributed by atoms with Crippen LogP contribution < -0.4 is 0 Å². The molecular weight excluding hydrogens is 320 g/mol. The summed E-state index contributed by atoms with van der Waals surface area (Å²) in [7, 11) is 0. The van der Waals surface area contributed by atoms with Gasteiger partial charge in [0.1, 0.15) is 0 Å². The molecule has 0 radical (unpaired) electrons. The predicted octanol–water partition coefficient (Wildman–Crippen LogP) is 7.45. The third-order valence-corrected chi connectivity index (χ3v) is 4.71. The fraction of sp³-hybridized carbons (Fsp3) is 0.583. The molecule has 0 saturated heterocycles. The van der Waals surface area contributed by atoms with E-state index in [1.807, 2.05) is 6.07 Å². The molecule has 0 aliphatic heterocycles. The molecule has 0 aliphatic rings. The summed E-state index contributed by atoms with van der Waals surface area (Å²) in [5, 5.41) is 18.8. The van der Waals surface area contributed by atoms with Crippen LogP contribution >= 0.6 is 0 Å². The average molecular weight is 359 g/mol. The van der Waals surface area contributed by atoms with E-state index in [9.17, 15) is 10.2 Å². The second kappa shape index (κ2) is 15.5. The second-order valence-electron chi connectivity index (χ2n) is 7.16. The van der Waals surface area contributed by atoms with Gasteiger partial charge in [0.05, 0.1) is 0 Å². The molecule has 0 unspecified atom stereocenters. The van der Waals surface area contributed by atoms with Gasteiger partial charge in [-0.05, 0) is 62.6 Å². The molecule has 1 aromatic carbocycles. The maximum absolute atomic E-state index is 9.48. The van der Waals surface area contributed by atoms with Gasteiger partial charge in [-0.15, -0.1) is 0 Å². The van der Waals surface area contributed by atoms with Crippen molar-refractivity contribution in [3.05, 3.63) is 48.1 Å². The number of allylic oxidation sites excluding steroid dienone is 4. The fourth-order valence-corrected chi connectivity index (χ4v) is 3.04. The Kier molecular flexibility index (Phi) is 13.4. The molecule has 0 heterocycles. The molecule has 0 fully saturated rings. The average Bonchev–Trinajstić information content (AvgIpc) is 2.64. The summed E-state index contributed by atoms with van der Waals surface area (Å²) in [5.74, 6) is -0.0478. The summed E-state index contributed by atoms with van der Waals surface area (Å²) in [6, 6.07) is 5.13. The van der Waals surface area contributed by atoms with Gasteiger partial charge >= 0.3 is 0 Å². The Hall–Kier alpha value is -1.70. The van der Waals surface area contributed by atoms with Crippen LogP contribution in [0.5, 0.6) is 11.5 Å². The van der Waals surface area contributed by atoms with Gasteiger partial charge in [-0.1, -0.05) is 75.8 Å². The summed E-state index contributed by atoms with van der Waals surface area (Å²) in [5.41, 5.74) is 1.10. The Balaban J connectivity index is 1.88. The lowest BCUT2D eigenvalue weighted by Crippen LogP contribution is -1.86. The number of benzene rings is 1. The number of aromatic hydroxyl groups is 2. The van der Waals surface area contributed by atoms with Gasteiger partial charge in [0.15, 0.2) is 11.5 Å². The number of unbranched alkanes of at least 4 members (excludes halogenated alkanes) is 9. The molecule has 0 saturated carbocycles. The molecule has 1 rings (SSSR count). The highest BCUT2D eigenvalue weighted by Gasteiger charge is 2.00. The molecule has 2 N–H and O–H groups in total. The molecule has 0 spiro atoms. The standard InChI is InChI=1S/C24H38O2/c1-2-3-4-5-6-7-8-9-10-11-12-13-14-15-16-17-18-22-19-20-23(25)24(26)21-22/h6-7,9-10,19-21,25-26H,2-5,8,11-18H2,1H3. The van der Waals surface area contributed by atoms with Gasteiger partial charge in [0, 0.05) is 0 Å². The lowest BCUT2D eigenvalue weighted by atomic mass is 10.0. The van der Waals surface area contributed by atoms with E-state index in [0.717, 1.165) is 24.8 Å². The van der Waals surface area contributed by atoms with Crippen LogP contribution in [0.2, 0.25) is 0 Å². The lowest BCUT2D eigenvalue weighted by Gasteiger charge is -2.04. The molecule has 0 amide bonds. The smallest absolute Gasteiger partial charge is 0.157 e. The first-order valence-electron chi connectivity index (χ1n) is 10.5. The van der Waals surface area contributed by atoms with Crippen molar-refractivity contribution in [2.24, 2.45) is 0 Å². The lowest BCUT2D eigenvalue weighted by molar-refractivity contribution is 0.403. The van der Waals surface area contributed by atoms with Crippen LogP contribution in [-0.2, 0) is 6.42 Å². The Morgan fingerprint density at radius 1 is 0.692 bits per heavy atom. The van der Waals surface area contributed by atoms with Gasteiger partial charge in [-0.3, -0.25) is 0 Å². The van der Waals surface area contributed by atoms with Crippen molar-refractivity contribution in [2.75, 3.05) is 0 Å². The topological polar surface area (TPSA) is 40.5 Å². The number of phenolic OH excluding ortho intramolecular Hbond substituents is 2. The van der Waals surface area contributed by atoms with E-state index in [2.05, 4.69) is 31.2 Å². The van der Waals surface area contributed by atoms with Crippen LogP contribution in [0.1, 0.15) is 89.5 Å². The fourth-order valence-electron chi connectivity index (χ4n) is 3.04. The minimum Gasteiger partial charge on any atom is -0.504 e. The minimum absolute atomic E-state index is 0.0115. The van der Waals surface area contributed by atoms with E-state index in [1.165, 1.54) is 64.2 Å². The van der Waals surface area contributed by atoms with Crippen LogP contribution in [0.3, 0.4) is 0 Å². The first-order valence-corrected chi connectivity index (χ1v) is 10.5. The van der Waals surface area contributed by atoms with E-state index < -0.39 is 0 Å². The number of hydrogen-bond donors (Lipinski definition) is 2. The zero-order valence-electron chi connectivity index (χ0n) is 16.6. The van der Waals surface area contributed by atoms with Crippen LogP contribution in [0, 0.1) is 0 Å². The summed E-state index contributed by atoms with van der Waals surface area (Å²) in [6.45, 7) is 2.25. The van der Waals surface area contributed by atoms with E-state index in [-0.39, 0.29) is 11.5 Å². The molecule has 2 heteroatoms. The van der Waals surface area contributed by atoms with Crippen molar-refractivity contribution in [1.29, 1.82) is 0 Å². The number of rotatable bonds is 15. The van der Waals surface area contributed by atoms with E-state index >= 15 is 0 Å². The number of hydrogen-bond acceptors (Lipinski definition) is 2. The van der Waals surface area contributed by atoms with Crippen LogP contribution in [0.25, 0.3) is 0 Å². The Bertz CT molecular complexity index is 517. The third kappa shape index (κ3) is 11.8. The van der Waals surface area contributed by atoms with Gasteiger partial charge in [-0.25, -0.2) is 0 Å². The summed E-state index contributed by atoms with van der Waals surface area (Å²) in [6.07, 6.45) is 25.3. The van der Waals surface area contributed by atoms with E-state index in [0.29, 0.717) is 0 Å². The highest BCUT2D eigenvalue weighted by Crippen LogP contribution is 2.25. The molecule has 26 heavy (non-hydrogen) atoms. The molecule has 2 nitrogen and oxygen atoms in total. The molecule has 0 aromatic heterocycles. The van der Waals surface area contributed by atoms with Crippen molar-refractivity contribution in [3.63, 3.8) is 0 Å². The van der Waals surface area contributed by atoms with Crippen molar-refractivity contribution in [3.8, 4) is 11.5 Å². The zero-order chi connectivity index (χ0) is 18.9. The zero-order valence-corrected chi connectivity index (χ0v) is 16.6. The van der Waals surface area contributed by atoms with Crippen LogP contribution in [-0.4, -0.2) is 10.2 Å². The maximum Gasteiger partial charge on any atom is 0.157 e. The van der Waals surface area contributed by atoms with Crippen molar-refractivity contribution in [2.45, 2.75) is 90.4 Å². The monoisotopic (exact) mass is 358 g/mol. The Morgan fingerprint density at radius 3 is 1.96 bits per heavy atom. The number of phenols is 2. The van der Waals surface area contributed by atoms with E-state index in [4.69, 9.17) is 0 Å². The van der Waals surface area contributed by atoms with Crippen molar-refractivity contribution in [1.82, 2.24) is 0 Å². The molecular formula is C24H38O2.